The summed E-state index contributed by atoms with van der Waals surface area (Å²) in [7, 11) is 0. The van der Waals surface area contributed by atoms with Gasteiger partial charge in [-0.15, -0.1) is 13.2 Å². The van der Waals surface area contributed by atoms with Crippen LogP contribution in [0.3, 0.4) is 0 Å². The van der Waals surface area contributed by atoms with Crippen molar-refractivity contribution in [3.05, 3.63) is 113 Å². The summed E-state index contributed by atoms with van der Waals surface area (Å²) in [6, 6.07) is 9.81. The summed E-state index contributed by atoms with van der Waals surface area (Å²) >= 11 is 0. The number of nitrogens with two attached hydrogens (primary N) is 2. The minimum absolute atomic E-state index is 0.0284. The van der Waals surface area contributed by atoms with Crippen molar-refractivity contribution in [2.45, 2.75) is 6.36 Å². The second kappa shape index (κ2) is 10.5. The molecule has 0 aliphatic carbocycles. The second-order valence-electron chi connectivity index (χ2n) is 6.89. The van der Waals surface area contributed by atoms with E-state index in [1.807, 2.05) is 0 Å². The highest BCUT2D eigenvalue weighted by Crippen LogP contribution is 2.25. The van der Waals surface area contributed by atoms with Crippen molar-refractivity contribution < 1.29 is 22.3 Å². The summed E-state index contributed by atoms with van der Waals surface area (Å²) in [5.74, 6) is -0.962. The number of anilines is 1. The summed E-state index contributed by atoms with van der Waals surface area (Å²) in [6.07, 6.45) is 1.85. The lowest BCUT2D eigenvalue weighted by atomic mass is 10.1. The topological polar surface area (TPSA) is 109 Å². The molecule has 35 heavy (non-hydrogen) atoms. The number of rotatable bonds is 7. The van der Waals surface area contributed by atoms with Crippen molar-refractivity contribution in [2.75, 3.05) is 5.73 Å². The Kier molecular flexibility index (Phi) is 7.49. The molecular weight excluding hydrogens is 466 g/mol. The third-order valence-corrected chi connectivity index (χ3v) is 4.45. The smallest absolute Gasteiger partial charge is 0.406 e. The Balaban J connectivity index is 2.08. The molecule has 0 radical (unpaired) electrons. The fourth-order valence-electron chi connectivity index (χ4n) is 2.97. The van der Waals surface area contributed by atoms with Gasteiger partial charge in [0.05, 0.1) is 17.1 Å². The van der Waals surface area contributed by atoms with Crippen LogP contribution >= 0.6 is 0 Å². The molecule has 0 saturated carbocycles. The lowest BCUT2D eigenvalue weighted by Crippen LogP contribution is -2.20. The molecule has 2 aromatic carbocycles. The van der Waals surface area contributed by atoms with E-state index in [4.69, 9.17) is 11.5 Å². The first kappa shape index (κ1) is 25.0. The molecule has 1 heterocycles. The van der Waals surface area contributed by atoms with Gasteiger partial charge < -0.3 is 16.2 Å². The number of halogens is 4. The third kappa shape index (κ3) is 6.44. The number of benzene rings is 2. The van der Waals surface area contributed by atoms with Gasteiger partial charge in [0.1, 0.15) is 11.6 Å². The van der Waals surface area contributed by atoms with Crippen LogP contribution in [0.15, 0.2) is 95.5 Å². The molecule has 7 nitrogen and oxygen atoms in total. The Morgan fingerprint density at radius 2 is 1.86 bits per heavy atom. The first-order valence-corrected chi connectivity index (χ1v) is 9.93. The Hall–Kier alpha value is -4.67. The average Bonchev–Trinajstić information content (AvgIpc) is 2.80. The highest BCUT2D eigenvalue weighted by atomic mass is 19.4. The number of aliphatic imine (C=N–C) groups is 1. The van der Waals surface area contributed by atoms with E-state index < -0.39 is 23.4 Å². The van der Waals surface area contributed by atoms with Gasteiger partial charge in [-0.3, -0.25) is 4.79 Å². The molecule has 4 N–H and O–H groups in total. The van der Waals surface area contributed by atoms with E-state index in [0.717, 1.165) is 18.3 Å². The molecular formula is C24H19F4N5O2. The van der Waals surface area contributed by atoms with Crippen molar-refractivity contribution in [3.8, 4) is 11.4 Å². The van der Waals surface area contributed by atoms with Gasteiger partial charge in [0, 0.05) is 23.5 Å². The highest BCUT2D eigenvalue weighted by molar-refractivity contribution is 6.09. The lowest BCUT2D eigenvalue weighted by molar-refractivity contribution is -0.274. The number of ether oxygens (including phenoxy) is 1. The molecule has 0 fully saturated rings. The maximum Gasteiger partial charge on any atom is 0.573 e. The van der Waals surface area contributed by atoms with Gasteiger partial charge in [-0.05, 0) is 60.8 Å². The Morgan fingerprint density at radius 1 is 1.14 bits per heavy atom. The first-order chi connectivity index (χ1) is 16.6. The average molecular weight is 485 g/mol. The molecule has 0 spiro atoms. The molecule has 3 aromatic rings. The van der Waals surface area contributed by atoms with E-state index in [0.29, 0.717) is 5.69 Å². The van der Waals surface area contributed by atoms with Crippen molar-refractivity contribution >= 4 is 17.1 Å². The number of hydrogen-bond donors (Lipinski definition) is 2. The van der Waals surface area contributed by atoms with Crippen LogP contribution in [0.25, 0.3) is 11.4 Å². The number of nitrogen functional groups attached to an aromatic ring is 1. The van der Waals surface area contributed by atoms with E-state index in [1.165, 1.54) is 65.5 Å². The maximum atomic E-state index is 13.9. The molecule has 0 unspecified atom stereocenters. The van der Waals surface area contributed by atoms with E-state index in [1.54, 1.807) is 0 Å². The summed E-state index contributed by atoms with van der Waals surface area (Å²) in [5.41, 5.74) is 11.9. The molecule has 0 aliphatic rings. The van der Waals surface area contributed by atoms with Crippen LogP contribution in [0, 0.1) is 5.82 Å². The van der Waals surface area contributed by atoms with Crippen molar-refractivity contribution in [3.63, 3.8) is 0 Å². The van der Waals surface area contributed by atoms with Crippen LogP contribution in [0.2, 0.25) is 0 Å². The molecule has 11 heteroatoms. The number of hydrogen-bond acceptors (Lipinski definition) is 6. The van der Waals surface area contributed by atoms with Gasteiger partial charge in [0.25, 0.3) is 0 Å². The number of allylic oxidation sites excluding steroid dienone is 3. The third-order valence-electron chi connectivity index (χ3n) is 4.45. The van der Waals surface area contributed by atoms with Crippen molar-refractivity contribution in [1.82, 2.24) is 9.78 Å². The van der Waals surface area contributed by atoms with Crippen molar-refractivity contribution in [2.24, 2.45) is 10.7 Å². The fraction of sp³-hybridized carbons (Fsp3) is 0.0417. The van der Waals surface area contributed by atoms with Crippen LogP contribution in [-0.2, 0) is 0 Å². The number of aromatic nitrogens is 2. The van der Waals surface area contributed by atoms with E-state index >= 15 is 0 Å². The molecule has 0 aliphatic heterocycles. The molecule has 0 atom stereocenters. The van der Waals surface area contributed by atoms with Gasteiger partial charge in [0.15, 0.2) is 5.69 Å². The standard InChI is InChI=1S/C24H19F4N5O2/c1-2-3-20(18-14-15(25)4-9-19(18)30)31-21(10-12-29)23-22(34)11-13-33(32-23)16-5-7-17(8-6-16)35-24(26,27)28/h2-14H,1,29-30H2. The predicted octanol–water partition coefficient (Wildman–Crippen LogP) is 4.34. The maximum absolute atomic E-state index is 13.9. The fourth-order valence-corrected chi connectivity index (χ4v) is 2.97. The van der Waals surface area contributed by atoms with E-state index in [9.17, 15) is 22.4 Å². The van der Waals surface area contributed by atoms with Crippen LogP contribution in [-0.4, -0.2) is 21.9 Å². The molecule has 1 aromatic heterocycles. The van der Waals surface area contributed by atoms with Crippen LogP contribution in [0.4, 0.5) is 23.2 Å². The van der Waals surface area contributed by atoms with E-state index in [-0.39, 0.29) is 28.4 Å². The number of alkyl halides is 3. The zero-order chi connectivity index (χ0) is 25.6. The van der Waals surface area contributed by atoms with Gasteiger partial charge in [0.2, 0.25) is 5.43 Å². The zero-order valence-electron chi connectivity index (χ0n) is 18.0. The summed E-state index contributed by atoms with van der Waals surface area (Å²) in [6.45, 7) is 3.62. The molecule has 180 valence electrons. The normalized spacial score (nSPS) is 12.7. The minimum Gasteiger partial charge on any atom is -0.406 e. The van der Waals surface area contributed by atoms with Crippen LogP contribution in [0.5, 0.6) is 5.75 Å². The van der Waals surface area contributed by atoms with E-state index in [2.05, 4.69) is 21.4 Å². The molecule has 0 bridgehead atoms. The van der Waals surface area contributed by atoms with Crippen LogP contribution < -0.4 is 21.6 Å². The largest absolute Gasteiger partial charge is 0.573 e. The monoisotopic (exact) mass is 485 g/mol. The van der Waals surface area contributed by atoms with Crippen molar-refractivity contribution in [1.29, 1.82) is 0 Å². The Bertz CT molecular complexity index is 1370. The van der Waals surface area contributed by atoms with Gasteiger partial charge >= 0.3 is 6.36 Å². The summed E-state index contributed by atoms with van der Waals surface area (Å²) in [4.78, 5) is 17.0. The Labute approximate surface area is 197 Å². The molecule has 0 saturated heterocycles. The Morgan fingerprint density at radius 3 is 2.49 bits per heavy atom. The quantitative estimate of drug-likeness (QED) is 0.224. The van der Waals surface area contributed by atoms with Crippen LogP contribution in [0.1, 0.15) is 11.3 Å². The first-order valence-electron chi connectivity index (χ1n) is 9.93. The predicted molar refractivity (Wildman–Crippen MR) is 125 cm³/mol. The zero-order valence-corrected chi connectivity index (χ0v) is 18.0. The summed E-state index contributed by atoms with van der Waals surface area (Å²) < 4.78 is 56.2. The highest BCUT2D eigenvalue weighted by Gasteiger charge is 2.31. The lowest BCUT2D eigenvalue weighted by Gasteiger charge is -2.11. The minimum atomic E-state index is -4.83. The summed E-state index contributed by atoms with van der Waals surface area (Å²) in [5, 5.41) is 4.26. The van der Waals surface area contributed by atoms with Gasteiger partial charge in [-0.1, -0.05) is 12.7 Å². The number of nitrogens with zero attached hydrogens (tertiary/aromatic N) is 3. The van der Waals surface area contributed by atoms with Gasteiger partial charge in [-0.25, -0.2) is 14.1 Å². The molecule has 3 rings (SSSR count). The van der Waals surface area contributed by atoms with Gasteiger partial charge in [-0.2, -0.15) is 5.10 Å². The second-order valence-corrected chi connectivity index (χ2v) is 6.89. The SMILES string of the molecule is C=CC=C(N=C(C=CN)c1nn(-c2ccc(OC(F)(F)F)cc2)ccc1=O)c1cc(F)ccc1N. The molecule has 0 amide bonds.